The molecule has 0 spiro atoms. The number of aromatic amines is 1. The van der Waals surface area contributed by atoms with Gasteiger partial charge in [0.1, 0.15) is 0 Å². The second kappa shape index (κ2) is 7.84. The average molecular weight is 415 g/mol. The zero-order valence-electron chi connectivity index (χ0n) is 15.5. The van der Waals surface area contributed by atoms with Gasteiger partial charge in [0, 0.05) is 16.6 Å². The second-order valence-electron chi connectivity index (χ2n) is 6.31. The predicted octanol–water partition coefficient (Wildman–Crippen LogP) is 1.72. The van der Waals surface area contributed by atoms with Crippen molar-refractivity contribution in [2.24, 2.45) is 0 Å². The van der Waals surface area contributed by atoms with Crippen LogP contribution in [0.1, 0.15) is 27.8 Å². The van der Waals surface area contributed by atoms with Crippen LogP contribution in [0.15, 0.2) is 53.3 Å². The Hall–Kier alpha value is -3.53. The van der Waals surface area contributed by atoms with Crippen LogP contribution in [0.5, 0.6) is 0 Å². The highest BCUT2D eigenvalue weighted by atomic mass is 32.2. The Labute approximate surface area is 165 Å². The number of nitrogens with zero attached hydrogens (tertiary/aromatic N) is 1. The van der Waals surface area contributed by atoms with Gasteiger partial charge in [-0.25, -0.2) is 18.3 Å². The summed E-state index contributed by atoms with van der Waals surface area (Å²) >= 11 is 0. The number of sulfonamides is 1. The first-order valence-corrected chi connectivity index (χ1v) is 10.4. The number of rotatable bonds is 6. The van der Waals surface area contributed by atoms with Crippen molar-refractivity contribution in [2.75, 3.05) is 11.0 Å². The maximum absolute atomic E-state index is 12.5. The largest absolute Gasteiger partial charge is 0.449 e. The van der Waals surface area contributed by atoms with E-state index in [1.165, 1.54) is 31.2 Å². The van der Waals surface area contributed by atoms with Gasteiger partial charge in [0.25, 0.3) is 5.56 Å². The minimum atomic E-state index is -3.43. The van der Waals surface area contributed by atoms with Crippen molar-refractivity contribution < 1.29 is 22.7 Å². The molecule has 0 aliphatic heterocycles. The van der Waals surface area contributed by atoms with Crippen LogP contribution in [0.2, 0.25) is 0 Å². The van der Waals surface area contributed by atoms with Crippen LogP contribution < -0.4 is 10.3 Å². The van der Waals surface area contributed by atoms with Gasteiger partial charge >= 0.3 is 5.97 Å². The van der Waals surface area contributed by atoms with Crippen molar-refractivity contribution in [3.05, 3.63) is 70.1 Å². The SMILES string of the molecule is CC(OC(=O)c1n[nH]c(=O)c2ccccc12)C(=O)c1ccc(NS(C)(=O)=O)cc1. The Morgan fingerprint density at radius 1 is 1.07 bits per heavy atom. The molecule has 0 fully saturated rings. The Morgan fingerprint density at radius 3 is 2.31 bits per heavy atom. The number of Topliss-reactive ketones (excluding diaryl/α,β-unsaturated/α-hetero) is 1. The van der Waals surface area contributed by atoms with E-state index in [0.29, 0.717) is 11.1 Å². The van der Waals surface area contributed by atoms with E-state index < -0.39 is 33.4 Å². The molecule has 0 saturated heterocycles. The number of carbonyl (C=O) groups is 2. The fourth-order valence-corrected chi connectivity index (χ4v) is 3.26. The molecule has 9 nitrogen and oxygen atoms in total. The number of nitrogens with one attached hydrogen (secondary N) is 2. The van der Waals surface area contributed by atoms with Gasteiger partial charge in [0.15, 0.2) is 11.8 Å². The number of anilines is 1. The molecular weight excluding hydrogens is 398 g/mol. The van der Waals surface area contributed by atoms with E-state index in [1.54, 1.807) is 24.3 Å². The van der Waals surface area contributed by atoms with E-state index in [4.69, 9.17) is 4.74 Å². The summed E-state index contributed by atoms with van der Waals surface area (Å²) in [7, 11) is -3.43. The summed E-state index contributed by atoms with van der Waals surface area (Å²) < 4.78 is 30.0. The van der Waals surface area contributed by atoms with Crippen molar-refractivity contribution in [3.8, 4) is 0 Å². The number of benzene rings is 2. The molecule has 0 saturated carbocycles. The smallest absolute Gasteiger partial charge is 0.360 e. The Kier molecular flexibility index (Phi) is 5.46. The van der Waals surface area contributed by atoms with Crippen LogP contribution in [-0.2, 0) is 14.8 Å². The van der Waals surface area contributed by atoms with Crippen molar-refractivity contribution in [2.45, 2.75) is 13.0 Å². The Morgan fingerprint density at radius 2 is 1.69 bits per heavy atom. The molecule has 1 aromatic heterocycles. The second-order valence-corrected chi connectivity index (χ2v) is 8.06. The van der Waals surface area contributed by atoms with Crippen LogP contribution in [0.4, 0.5) is 5.69 Å². The summed E-state index contributed by atoms with van der Waals surface area (Å²) in [4.78, 5) is 36.8. The van der Waals surface area contributed by atoms with E-state index in [2.05, 4.69) is 14.9 Å². The molecule has 1 unspecified atom stereocenters. The normalized spacial score (nSPS) is 12.3. The molecular formula is C19H17N3O6S. The maximum Gasteiger partial charge on any atom is 0.360 e. The third-order valence-electron chi connectivity index (χ3n) is 4.02. The maximum atomic E-state index is 12.5. The molecule has 0 amide bonds. The molecule has 3 rings (SSSR count). The van der Waals surface area contributed by atoms with Crippen LogP contribution in [-0.4, -0.2) is 42.7 Å². The van der Waals surface area contributed by atoms with Crippen LogP contribution in [0, 0.1) is 0 Å². The zero-order valence-corrected chi connectivity index (χ0v) is 16.3. The number of esters is 1. The minimum Gasteiger partial charge on any atom is -0.449 e. The number of H-pyrrole nitrogens is 1. The van der Waals surface area contributed by atoms with Gasteiger partial charge in [-0.05, 0) is 37.3 Å². The molecule has 2 aromatic carbocycles. The molecule has 3 aromatic rings. The lowest BCUT2D eigenvalue weighted by atomic mass is 10.1. The first-order chi connectivity index (χ1) is 13.7. The number of carbonyl (C=O) groups excluding carboxylic acids is 2. The standard InChI is InChI=1S/C19H17N3O6S/c1-11(17(23)12-7-9-13(10-8-12)22-29(2,26)27)28-19(25)16-14-5-3-4-6-15(14)18(24)21-20-16/h3-11,22H,1-2H3,(H,21,24). The Balaban J connectivity index is 1.77. The van der Waals surface area contributed by atoms with Gasteiger partial charge < -0.3 is 4.74 Å². The highest BCUT2D eigenvalue weighted by molar-refractivity contribution is 7.92. The molecule has 150 valence electrons. The molecule has 1 heterocycles. The third kappa shape index (κ3) is 4.66. The van der Waals surface area contributed by atoms with Gasteiger partial charge in [-0.3, -0.25) is 14.3 Å². The first-order valence-electron chi connectivity index (χ1n) is 8.46. The van der Waals surface area contributed by atoms with E-state index in [0.717, 1.165) is 6.26 Å². The quantitative estimate of drug-likeness (QED) is 0.462. The number of hydrogen-bond donors (Lipinski definition) is 2. The van der Waals surface area contributed by atoms with Crippen LogP contribution in [0.3, 0.4) is 0 Å². The summed E-state index contributed by atoms with van der Waals surface area (Å²) in [5.74, 6) is -1.33. The first kappa shape index (κ1) is 20.2. The summed E-state index contributed by atoms with van der Waals surface area (Å²) in [5, 5.41) is 6.58. The van der Waals surface area contributed by atoms with E-state index >= 15 is 0 Å². The summed E-state index contributed by atoms with van der Waals surface area (Å²) in [6.07, 6.45) is -0.106. The number of ether oxygens (including phenoxy) is 1. The van der Waals surface area contributed by atoms with Crippen LogP contribution in [0.25, 0.3) is 10.8 Å². The van der Waals surface area contributed by atoms with Crippen molar-refractivity contribution >= 4 is 38.2 Å². The highest BCUT2D eigenvalue weighted by Gasteiger charge is 2.23. The highest BCUT2D eigenvalue weighted by Crippen LogP contribution is 2.16. The van der Waals surface area contributed by atoms with E-state index in [-0.39, 0.29) is 16.6 Å². The van der Waals surface area contributed by atoms with Crippen LogP contribution >= 0.6 is 0 Å². The lowest BCUT2D eigenvalue weighted by Crippen LogP contribution is -2.26. The molecule has 0 aliphatic rings. The topological polar surface area (TPSA) is 135 Å². The van der Waals surface area contributed by atoms with Gasteiger partial charge in [0.2, 0.25) is 15.8 Å². The summed E-state index contributed by atoms with van der Waals surface area (Å²) in [5.41, 5.74) is -0.00198. The predicted molar refractivity (Wildman–Crippen MR) is 106 cm³/mol. The van der Waals surface area contributed by atoms with Gasteiger partial charge in [-0.15, -0.1) is 0 Å². The van der Waals surface area contributed by atoms with Gasteiger partial charge in [0.05, 0.1) is 11.6 Å². The molecule has 0 bridgehead atoms. The Bertz CT molecular complexity index is 1250. The van der Waals surface area contributed by atoms with E-state index in [1.807, 2.05) is 0 Å². The lowest BCUT2D eigenvalue weighted by molar-refractivity contribution is 0.0314. The van der Waals surface area contributed by atoms with Gasteiger partial charge in [-0.1, -0.05) is 18.2 Å². The number of hydrogen-bond acceptors (Lipinski definition) is 7. The van der Waals surface area contributed by atoms with E-state index in [9.17, 15) is 22.8 Å². The molecule has 1 atom stereocenters. The monoisotopic (exact) mass is 415 g/mol. The minimum absolute atomic E-state index is 0.104. The lowest BCUT2D eigenvalue weighted by Gasteiger charge is -2.13. The number of aromatic nitrogens is 2. The van der Waals surface area contributed by atoms with Crippen molar-refractivity contribution in [1.29, 1.82) is 0 Å². The molecule has 2 N–H and O–H groups in total. The molecule has 29 heavy (non-hydrogen) atoms. The fourth-order valence-electron chi connectivity index (χ4n) is 2.69. The molecule has 10 heteroatoms. The number of ketones is 1. The fraction of sp³-hybridized carbons (Fsp3) is 0.158. The van der Waals surface area contributed by atoms with Crippen molar-refractivity contribution in [3.63, 3.8) is 0 Å². The van der Waals surface area contributed by atoms with Gasteiger partial charge in [-0.2, -0.15) is 5.10 Å². The average Bonchev–Trinajstić information content (AvgIpc) is 2.67. The molecule has 0 radical (unpaired) electrons. The summed E-state index contributed by atoms with van der Waals surface area (Å²) in [6, 6.07) is 12.1. The molecule has 0 aliphatic carbocycles. The summed E-state index contributed by atoms with van der Waals surface area (Å²) in [6.45, 7) is 1.41. The number of fused-ring (bicyclic) bond motifs is 1. The zero-order chi connectivity index (χ0) is 21.2. The van der Waals surface area contributed by atoms with Crippen molar-refractivity contribution in [1.82, 2.24) is 10.2 Å². The third-order valence-corrected chi connectivity index (χ3v) is 4.62.